The predicted molar refractivity (Wildman–Crippen MR) is 153 cm³/mol. The Balaban J connectivity index is 2.04. The van der Waals surface area contributed by atoms with Crippen LogP contribution < -0.4 is 14.4 Å². The number of nitrogens with zero attached hydrogens (tertiary/aromatic N) is 2. The zero-order chi connectivity index (χ0) is 27.9. The second-order valence-electron chi connectivity index (χ2n) is 8.90. The number of aryl methyl sites for hydroxylation is 1. The van der Waals surface area contributed by atoms with Crippen molar-refractivity contribution in [2.75, 3.05) is 31.3 Å². The maximum Gasteiger partial charge on any atom is 0.244 e. The summed E-state index contributed by atoms with van der Waals surface area (Å²) >= 11 is 3.43. The van der Waals surface area contributed by atoms with Gasteiger partial charge >= 0.3 is 0 Å². The Morgan fingerprint density at radius 2 is 1.68 bits per heavy atom. The number of likely N-dealkylation sites (N-methyl/N-ethyl adjacent to an activating group) is 1. The first kappa shape index (κ1) is 29.2. The third-order valence-corrected chi connectivity index (χ3v) is 8.14. The fourth-order valence-corrected chi connectivity index (χ4v) is 5.17. The normalized spacial score (nSPS) is 11.9. The highest BCUT2D eigenvalue weighted by Gasteiger charge is 2.32. The van der Waals surface area contributed by atoms with E-state index in [4.69, 9.17) is 4.74 Å². The topological polar surface area (TPSA) is 96.0 Å². The van der Waals surface area contributed by atoms with E-state index in [1.807, 2.05) is 43.3 Å². The molecule has 0 aliphatic rings. The fourth-order valence-electron chi connectivity index (χ4n) is 4.09. The number of ether oxygens (including phenoxy) is 1. The van der Waals surface area contributed by atoms with Crippen molar-refractivity contribution in [3.63, 3.8) is 0 Å². The number of anilines is 1. The van der Waals surface area contributed by atoms with Gasteiger partial charge in [-0.05, 0) is 53.9 Å². The van der Waals surface area contributed by atoms with Gasteiger partial charge in [-0.3, -0.25) is 13.9 Å². The molecule has 202 valence electrons. The van der Waals surface area contributed by atoms with Crippen LogP contribution in [0.4, 0.5) is 5.69 Å². The summed E-state index contributed by atoms with van der Waals surface area (Å²) in [7, 11) is -0.754. The van der Waals surface area contributed by atoms with Crippen molar-refractivity contribution in [1.29, 1.82) is 0 Å². The van der Waals surface area contributed by atoms with Crippen LogP contribution in [-0.4, -0.2) is 58.1 Å². The molecule has 0 saturated carbocycles. The predicted octanol–water partition coefficient (Wildman–Crippen LogP) is 3.92. The summed E-state index contributed by atoms with van der Waals surface area (Å²) in [4.78, 5) is 28.5. The summed E-state index contributed by atoms with van der Waals surface area (Å²) in [5.41, 5.74) is 2.80. The first-order chi connectivity index (χ1) is 18.0. The molecule has 0 spiro atoms. The first-order valence-corrected chi connectivity index (χ1v) is 14.6. The van der Waals surface area contributed by atoms with Gasteiger partial charge in [0.1, 0.15) is 18.3 Å². The summed E-state index contributed by atoms with van der Waals surface area (Å²) in [6.07, 6.45) is 1.32. The highest BCUT2D eigenvalue weighted by atomic mass is 79.9. The van der Waals surface area contributed by atoms with Crippen molar-refractivity contribution < 1.29 is 22.7 Å². The minimum absolute atomic E-state index is 0.0813. The largest absolute Gasteiger partial charge is 0.497 e. The van der Waals surface area contributed by atoms with Gasteiger partial charge in [0, 0.05) is 24.5 Å². The van der Waals surface area contributed by atoms with Crippen LogP contribution in [0.5, 0.6) is 5.75 Å². The molecule has 0 saturated heterocycles. The molecule has 0 radical (unpaired) electrons. The molecule has 2 amide bonds. The van der Waals surface area contributed by atoms with E-state index in [0.717, 1.165) is 31.7 Å². The molecule has 1 N–H and O–H groups in total. The number of carbonyl (C=O) groups excluding carboxylic acids is 2. The molecule has 0 aliphatic heterocycles. The van der Waals surface area contributed by atoms with Crippen LogP contribution in [0.15, 0.2) is 77.3 Å². The molecule has 1 atom stereocenters. The maximum absolute atomic E-state index is 13.9. The van der Waals surface area contributed by atoms with Crippen LogP contribution >= 0.6 is 15.9 Å². The van der Waals surface area contributed by atoms with Crippen molar-refractivity contribution in [2.45, 2.75) is 25.9 Å². The Hall–Kier alpha value is -3.37. The highest BCUT2D eigenvalue weighted by molar-refractivity contribution is 9.10. The summed E-state index contributed by atoms with van der Waals surface area (Å²) in [6, 6.07) is 20.8. The summed E-state index contributed by atoms with van der Waals surface area (Å²) in [6.45, 7) is 1.45. The van der Waals surface area contributed by atoms with E-state index < -0.39 is 28.5 Å². The van der Waals surface area contributed by atoms with E-state index in [-0.39, 0.29) is 18.9 Å². The lowest BCUT2D eigenvalue weighted by Crippen LogP contribution is -2.52. The Kier molecular flexibility index (Phi) is 9.93. The molecule has 0 aromatic heterocycles. The number of benzene rings is 3. The number of sulfonamides is 1. The van der Waals surface area contributed by atoms with Gasteiger partial charge in [-0.2, -0.15) is 0 Å². The molecule has 0 bridgehead atoms. The number of nitrogens with one attached hydrogen (secondary N) is 1. The number of halogens is 1. The number of hydrogen-bond acceptors (Lipinski definition) is 5. The Morgan fingerprint density at radius 1 is 1.00 bits per heavy atom. The Bertz CT molecular complexity index is 1380. The molecule has 10 heteroatoms. The van der Waals surface area contributed by atoms with E-state index in [1.165, 1.54) is 11.9 Å². The van der Waals surface area contributed by atoms with Gasteiger partial charge in [-0.15, -0.1) is 0 Å². The third kappa shape index (κ3) is 7.58. The Morgan fingerprint density at radius 3 is 2.29 bits per heavy atom. The van der Waals surface area contributed by atoms with Crippen LogP contribution in [0, 0.1) is 6.92 Å². The summed E-state index contributed by atoms with van der Waals surface area (Å²) < 4.78 is 32.9. The monoisotopic (exact) mass is 601 g/mol. The van der Waals surface area contributed by atoms with Crippen LogP contribution in [0.2, 0.25) is 0 Å². The molecule has 3 aromatic carbocycles. The summed E-state index contributed by atoms with van der Waals surface area (Å²) in [5.74, 6) is -0.253. The van der Waals surface area contributed by atoms with Gasteiger partial charge in [0.15, 0.2) is 0 Å². The molecule has 3 aromatic rings. The van der Waals surface area contributed by atoms with E-state index in [0.29, 0.717) is 11.4 Å². The standard InChI is InChI=1S/C28H32BrN3O5S/c1-20-15-23(13-14-25(20)29)32(38(4,35)36)19-27(33)31(18-22-11-8-12-24(16-22)37-3)26(28(34)30-2)17-21-9-6-5-7-10-21/h5-16,26H,17-19H2,1-4H3,(H,30,34)/t26-/m0/s1. The van der Waals surface area contributed by atoms with Gasteiger partial charge in [-0.25, -0.2) is 8.42 Å². The third-order valence-electron chi connectivity index (χ3n) is 6.11. The van der Waals surface area contributed by atoms with E-state index in [9.17, 15) is 18.0 Å². The number of methoxy groups -OCH3 is 1. The van der Waals surface area contributed by atoms with Crippen LogP contribution in [0.25, 0.3) is 0 Å². The lowest BCUT2D eigenvalue weighted by molar-refractivity contribution is -0.139. The minimum Gasteiger partial charge on any atom is -0.497 e. The summed E-state index contributed by atoms with van der Waals surface area (Å²) in [5, 5.41) is 2.66. The van der Waals surface area contributed by atoms with Crippen molar-refractivity contribution in [3.8, 4) is 5.75 Å². The van der Waals surface area contributed by atoms with Gasteiger partial charge in [0.05, 0.1) is 19.1 Å². The van der Waals surface area contributed by atoms with E-state index >= 15 is 0 Å². The molecule has 0 aliphatic carbocycles. The van der Waals surface area contributed by atoms with Gasteiger partial charge < -0.3 is 15.0 Å². The molecule has 0 heterocycles. The number of hydrogen-bond donors (Lipinski definition) is 1. The van der Waals surface area contributed by atoms with Crippen molar-refractivity contribution >= 4 is 43.5 Å². The second kappa shape index (κ2) is 12.9. The van der Waals surface area contributed by atoms with E-state index in [2.05, 4.69) is 21.2 Å². The smallest absolute Gasteiger partial charge is 0.244 e. The van der Waals surface area contributed by atoms with Crippen LogP contribution in [0.3, 0.4) is 0 Å². The zero-order valence-electron chi connectivity index (χ0n) is 21.8. The maximum atomic E-state index is 13.9. The molecule has 0 unspecified atom stereocenters. The number of carbonyl (C=O) groups is 2. The highest BCUT2D eigenvalue weighted by Crippen LogP contribution is 2.26. The van der Waals surface area contributed by atoms with Crippen molar-refractivity contribution in [2.24, 2.45) is 0 Å². The minimum atomic E-state index is -3.82. The quantitative estimate of drug-likeness (QED) is 0.359. The zero-order valence-corrected chi connectivity index (χ0v) is 24.3. The molecule has 0 fully saturated rings. The van der Waals surface area contributed by atoms with Crippen molar-refractivity contribution in [1.82, 2.24) is 10.2 Å². The van der Waals surface area contributed by atoms with Gasteiger partial charge in [0.2, 0.25) is 21.8 Å². The van der Waals surface area contributed by atoms with Crippen LogP contribution in [0.1, 0.15) is 16.7 Å². The van der Waals surface area contributed by atoms with Gasteiger partial charge in [0.25, 0.3) is 0 Å². The molecular formula is C28H32BrN3O5S. The first-order valence-electron chi connectivity index (χ1n) is 11.9. The lowest BCUT2D eigenvalue weighted by atomic mass is 10.0. The van der Waals surface area contributed by atoms with Gasteiger partial charge in [-0.1, -0.05) is 58.4 Å². The lowest BCUT2D eigenvalue weighted by Gasteiger charge is -2.33. The van der Waals surface area contributed by atoms with Crippen molar-refractivity contribution in [3.05, 3.63) is 94.0 Å². The Labute approximate surface area is 232 Å². The van der Waals surface area contributed by atoms with Crippen LogP contribution in [-0.2, 0) is 32.6 Å². The average Bonchev–Trinajstić information content (AvgIpc) is 2.90. The van der Waals surface area contributed by atoms with E-state index in [1.54, 1.807) is 43.5 Å². The fraction of sp³-hybridized carbons (Fsp3) is 0.286. The molecular weight excluding hydrogens is 570 g/mol. The molecule has 8 nitrogen and oxygen atoms in total. The number of amides is 2. The molecule has 3 rings (SSSR count). The SMILES string of the molecule is CNC(=O)[C@H](Cc1ccccc1)N(Cc1cccc(OC)c1)C(=O)CN(c1ccc(Br)c(C)c1)S(C)(=O)=O. The number of rotatable bonds is 11. The average molecular weight is 603 g/mol. The second-order valence-corrected chi connectivity index (χ2v) is 11.7. The molecule has 38 heavy (non-hydrogen) atoms.